The van der Waals surface area contributed by atoms with Crippen LogP contribution in [0.3, 0.4) is 0 Å². The summed E-state index contributed by atoms with van der Waals surface area (Å²) in [5, 5.41) is 21.3. The molecular weight excluding hydrogens is 376 g/mol. The topological polar surface area (TPSA) is 74.6 Å². The molecular formula is C26H28O4. The van der Waals surface area contributed by atoms with E-state index >= 15 is 0 Å². The van der Waals surface area contributed by atoms with E-state index in [1.165, 1.54) is 24.1 Å². The van der Waals surface area contributed by atoms with Crippen LogP contribution < -0.4 is 0 Å². The summed E-state index contributed by atoms with van der Waals surface area (Å²) in [6.07, 6.45) is 8.58. The molecule has 156 valence electrons. The van der Waals surface area contributed by atoms with Crippen molar-refractivity contribution in [1.29, 1.82) is 0 Å². The SMILES string of the molecule is CC1=CC(=O)c2c(O)c(CC3CCCCC3CCc3ccccc3)cc(O)c2C1=O. The van der Waals surface area contributed by atoms with Gasteiger partial charge in [-0.1, -0.05) is 49.6 Å². The normalized spacial score (nSPS) is 21.3. The van der Waals surface area contributed by atoms with Gasteiger partial charge >= 0.3 is 0 Å². The van der Waals surface area contributed by atoms with Gasteiger partial charge in [-0.05, 0) is 67.7 Å². The van der Waals surface area contributed by atoms with Crippen LogP contribution in [0.1, 0.15) is 70.9 Å². The predicted octanol–water partition coefficient (Wildman–Crippen LogP) is 5.40. The molecule has 1 saturated carbocycles. The van der Waals surface area contributed by atoms with Gasteiger partial charge < -0.3 is 10.2 Å². The van der Waals surface area contributed by atoms with Gasteiger partial charge in [0.05, 0.1) is 11.1 Å². The largest absolute Gasteiger partial charge is 0.507 e. The molecule has 1 fully saturated rings. The maximum atomic E-state index is 12.5. The zero-order valence-corrected chi connectivity index (χ0v) is 17.4. The van der Waals surface area contributed by atoms with E-state index < -0.39 is 11.6 Å². The summed E-state index contributed by atoms with van der Waals surface area (Å²) >= 11 is 0. The van der Waals surface area contributed by atoms with Gasteiger partial charge in [-0.15, -0.1) is 0 Å². The minimum absolute atomic E-state index is 0.0442. The Morgan fingerprint density at radius 3 is 2.40 bits per heavy atom. The number of ketones is 2. The van der Waals surface area contributed by atoms with Gasteiger partial charge in [0.1, 0.15) is 11.5 Å². The average Bonchev–Trinajstić information content (AvgIpc) is 2.74. The molecule has 2 aliphatic rings. The second-order valence-electron chi connectivity index (χ2n) is 8.71. The molecule has 0 aromatic heterocycles. The number of hydrogen-bond donors (Lipinski definition) is 2. The molecule has 0 saturated heterocycles. The van der Waals surface area contributed by atoms with E-state index in [4.69, 9.17) is 0 Å². The molecule has 30 heavy (non-hydrogen) atoms. The number of hydrogen-bond acceptors (Lipinski definition) is 4. The number of Topliss-reactive ketones (excluding diaryl/α,β-unsaturated/α-hetero) is 1. The zero-order valence-electron chi connectivity index (χ0n) is 17.4. The quantitative estimate of drug-likeness (QED) is 0.654. The second-order valence-corrected chi connectivity index (χ2v) is 8.71. The summed E-state index contributed by atoms with van der Waals surface area (Å²) in [6.45, 7) is 1.55. The standard InChI is InChI=1S/C26H28O4/c1-16-13-21(27)24-23(25(16)29)22(28)15-20(26(24)30)14-19-10-6-5-9-18(19)12-11-17-7-3-2-4-8-17/h2-4,7-8,13,15,18-19,28,30H,5-6,9-12,14H2,1H3. The lowest BCUT2D eigenvalue weighted by Crippen LogP contribution is -2.23. The lowest BCUT2D eigenvalue weighted by Gasteiger charge is -2.32. The number of rotatable bonds is 5. The van der Waals surface area contributed by atoms with E-state index in [0.717, 1.165) is 32.1 Å². The average molecular weight is 405 g/mol. The van der Waals surface area contributed by atoms with Crippen molar-refractivity contribution in [3.63, 3.8) is 0 Å². The molecule has 2 atom stereocenters. The van der Waals surface area contributed by atoms with Crippen LogP contribution >= 0.6 is 0 Å². The highest BCUT2D eigenvalue weighted by Gasteiger charge is 2.33. The lowest BCUT2D eigenvalue weighted by atomic mass is 9.73. The molecule has 4 heteroatoms. The van der Waals surface area contributed by atoms with Gasteiger partial charge in [0.25, 0.3) is 0 Å². The second kappa shape index (κ2) is 8.47. The fourth-order valence-corrected chi connectivity index (χ4v) is 5.08. The first-order chi connectivity index (χ1) is 14.5. The molecule has 0 radical (unpaired) electrons. The number of benzene rings is 2. The molecule has 0 heterocycles. The monoisotopic (exact) mass is 404 g/mol. The Bertz CT molecular complexity index is 1000. The van der Waals surface area contributed by atoms with Crippen LogP contribution in [0.2, 0.25) is 0 Å². The number of fused-ring (bicyclic) bond motifs is 1. The van der Waals surface area contributed by atoms with Crippen molar-refractivity contribution < 1.29 is 19.8 Å². The van der Waals surface area contributed by atoms with Crippen LogP contribution in [-0.4, -0.2) is 21.8 Å². The molecule has 2 unspecified atom stereocenters. The smallest absolute Gasteiger partial charge is 0.193 e. The summed E-state index contributed by atoms with van der Waals surface area (Å²) in [7, 11) is 0. The summed E-state index contributed by atoms with van der Waals surface area (Å²) in [5.74, 6) is -0.241. The third kappa shape index (κ3) is 3.91. The summed E-state index contributed by atoms with van der Waals surface area (Å²) in [6, 6.07) is 12.0. The van der Waals surface area contributed by atoms with Crippen molar-refractivity contribution in [1.82, 2.24) is 0 Å². The van der Waals surface area contributed by atoms with Gasteiger partial charge in [-0.3, -0.25) is 9.59 Å². The maximum Gasteiger partial charge on any atom is 0.193 e. The van der Waals surface area contributed by atoms with Crippen LogP contribution in [0, 0.1) is 11.8 Å². The lowest BCUT2D eigenvalue weighted by molar-refractivity contribution is 0.0979. The van der Waals surface area contributed by atoms with Crippen LogP contribution in [0.25, 0.3) is 0 Å². The highest BCUT2D eigenvalue weighted by molar-refractivity contribution is 6.26. The van der Waals surface area contributed by atoms with E-state index in [-0.39, 0.29) is 28.2 Å². The number of phenols is 2. The molecule has 0 spiro atoms. The number of aromatic hydroxyl groups is 2. The van der Waals surface area contributed by atoms with E-state index in [2.05, 4.69) is 24.3 Å². The number of carbonyl (C=O) groups excluding carboxylic acids is 2. The number of carbonyl (C=O) groups is 2. The molecule has 2 aromatic carbocycles. The van der Waals surface area contributed by atoms with Crippen molar-refractivity contribution in [3.05, 3.63) is 70.3 Å². The van der Waals surface area contributed by atoms with Crippen molar-refractivity contribution in [3.8, 4) is 11.5 Å². The Hall–Kier alpha value is -2.88. The summed E-state index contributed by atoms with van der Waals surface area (Å²) < 4.78 is 0. The van der Waals surface area contributed by atoms with Crippen molar-refractivity contribution >= 4 is 11.6 Å². The molecule has 4 nitrogen and oxygen atoms in total. The van der Waals surface area contributed by atoms with Gasteiger partial charge in [0.2, 0.25) is 0 Å². The first-order valence-electron chi connectivity index (χ1n) is 10.8. The van der Waals surface area contributed by atoms with Gasteiger partial charge in [-0.25, -0.2) is 0 Å². The van der Waals surface area contributed by atoms with Crippen LogP contribution in [0.4, 0.5) is 0 Å². The molecule has 2 aromatic rings. The third-order valence-corrected chi connectivity index (χ3v) is 6.73. The van der Waals surface area contributed by atoms with Gasteiger partial charge in [0, 0.05) is 5.57 Å². The van der Waals surface area contributed by atoms with Gasteiger partial charge in [-0.2, -0.15) is 0 Å². The molecule has 0 aliphatic heterocycles. The van der Waals surface area contributed by atoms with Crippen molar-refractivity contribution in [2.75, 3.05) is 0 Å². The first kappa shape index (κ1) is 20.4. The third-order valence-electron chi connectivity index (χ3n) is 6.73. The van der Waals surface area contributed by atoms with Crippen LogP contribution in [0.5, 0.6) is 11.5 Å². The predicted molar refractivity (Wildman–Crippen MR) is 116 cm³/mol. The zero-order chi connectivity index (χ0) is 21.3. The van der Waals surface area contributed by atoms with E-state index in [1.807, 2.05) is 6.07 Å². The van der Waals surface area contributed by atoms with Crippen molar-refractivity contribution in [2.24, 2.45) is 11.8 Å². The van der Waals surface area contributed by atoms with Gasteiger partial charge in [0.15, 0.2) is 11.6 Å². The Labute approximate surface area is 177 Å². The minimum atomic E-state index is -0.416. The van der Waals surface area contributed by atoms with E-state index in [9.17, 15) is 19.8 Å². The molecule has 2 aliphatic carbocycles. The Kier molecular flexibility index (Phi) is 5.76. The van der Waals surface area contributed by atoms with Crippen molar-refractivity contribution in [2.45, 2.75) is 51.9 Å². The van der Waals surface area contributed by atoms with Crippen LogP contribution in [-0.2, 0) is 12.8 Å². The number of phenolic OH excluding ortho intramolecular Hbond substituents is 2. The van der Waals surface area contributed by atoms with E-state index in [0.29, 0.717) is 23.8 Å². The highest BCUT2D eigenvalue weighted by Crippen LogP contribution is 2.42. The Morgan fingerprint density at radius 1 is 0.967 bits per heavy atom. The maximum absolute atomic E-state index is 12.5. The molecule has 2 N–H and O–H groups in total. The molecule has 0 amide bonds. The fourth-order valence-electron chi connectivity index (χ4n) is 5.08. The fraction of sp³-hybridized carbons (Fsp3) is 0.385. The highest BCUT2D eigenvalue weighted by atomic mass is 16.3. The number of allylic oxidation sites excluding steroid dienone is 2. The Balaban J connectivity index is 1.57. The summed E-state index contributed by atoms with van der Waals surface area (Å²) in [5.41, 5.74) is 2.07. The minimum Gasteiger partial charge on any atom is -0.507 e. The van der Waals surface area contributed by atoms with E-state index in [1.54, 1.807) is 6.92 Å². The van der Waals surface area contributed by atoms with Crippen LogP contribution in [0.15, 0.2) is 48.0 Å². The molecule has 4 rings (SSSR count). The first-order valence-corrected chi connectivity index (χ1v) is 10.8. The summed E-state index contributed by atoms with van der Waals surface area (Å²) in [4.78, 5) is 24.9. The Morgan fingerprint density at radius 2 is 1.67 bits per heavy atom. The molecule has 0 bridgehead atoms. The number of aryl methyl sites for hydroxylation is 1.